The predicted octanol–water partition coefficient (Wildman–Crippen LogP) is 1.91. The van der Waals surface area contributed by atoms with E-state index in [1.807, 2.05) is 0 Å². The fourth-order valence-corrected chi connectivity index (χ4v) is 0.739. The van der Waals surface area contributed by atoms with Crippen LogP contribution in [0.3, 0.4) is 0 Å². The van der Waals surface area contributed by atoms with E-state index in [0.717, 1.165) is 12.8 Å². The van der Waals surface area contributed by atoms with Gasteiger partial charge in [0.2, 0.25) is 0 Å². The molecule has 1 N–H and O–H groups in total. The summed E-state index contributed by atoms with van der Waals surface area (Å²) in [6.07, 6.45) is 3.23. The third-order valence-corrected chi connectivity index (χ3v) is 1.33. The Morgan fingerprint density at radius 2 is 2.12 bits per heavy atom. The van der Waals surface area contributed by atoms with Crippen LogP contribution in [-0.2, 0) is 0 Å². The maximum atomic E-state index is 6.89. The van der Waals surface area contributed by atoms with Crippen LogP contribution >= 0.6 is 0 Å². The van der Waals surface area contributed by atoms with Gasteiger partial charge in [0.05, 0.1) is 0 Å². The summed E-state index contributed by atoms with van der Waals surface area (Å²) in [6, 6.07) is 0. The van der Waals surface area contributed by atoms with E-state index in [9.17, 15) is 0 Å². The molecule has 1 heteroatoms. The van der Waals surface area contributed by atoms with E-state index in [0.29, 0.717) is 12.5 Å². The number of hydrogen-bond acceptors (Lipinski definition) is 0. The molecule has 0 saturated carbocycles. The minimum atomic E-state index is 0.571. The lowest BCUT2D eigenvalue weighted by Crippen LogP contribution is -1.97. The Hall–Kier alpha value is -0.0400. The summed E-state index contributed by atoms with van der Waals surface area (Å²) in [4.78, 5) is 0. The van der Waals surface area contributed by atoms with E-state index >= 15 is 0 Å². The molecule has 8 heavy (non-hydrogen) atoms. The summed E-state index contributed by atoms with van der Waals surface area (Å²) in [5.41, 5.74) is 6.89. The van der Waals surface area contributed by atoms with Crippen LogP contribution in [0.25, 0.3) is 0 Å². The fourth-order valence-electron chi connectivity index (χ4n) is 0.739. The van der Waals surface area contributed by atoms with Crippen LogP contribution in [0.2, 0.25) is 0 Å². The molecule has 0 aromatic heterocycles. The van der Waals surface area contributed by atoms with Gasteiger partial charge < -0.3 is 0 Å². The van der Waals surface area contributed by atoms with Crippen molar-refractivity contribution in [2.24, 2.45) is 5.92 Å². The minimum absolute atomic E-state index is 0.571. The molecule has 0 spiro atoms. The largest absolute Gasteiger partial charge is 0.258 e. The molecule has 2 radical (unpaired) electrons. The lowest BCUT2D eigenvalue weighted by molar-refractivity contribution is 0.500. The van der Waals surface area contributed by atoms with Crippen molar-refractivity contribution in [3.05, 3.63) is 6.92 Å². The SMILES string of the molecule is [CH2]CCC(C)CC[NH]. The highest BCUT2D eigenvalue weighted by Crippen LogP contribution is 2.07. The van der Waals surface area contributed by atoms with Crippen LogP contribution in [0.15, 0.2) is 0 Å². The summed E-state index contributed by atoms with van der Waals surface area (Å²) in [5.74, 6) is 0.713. The van der Waals surface area contributed by atoms with E-state index in [-0.39, 0.29) is 0 Å². The summed E-state index contributed by atoms with van der Waals surface area (Å²) < 4.78 is 0. The van der Waals surface area contributed by atoms with Crippen LogP contribution in [0.5, 0.6) is 0 Å². The second-order valence-electron chi connectivity index (χ2n) is 2.29. The van der Waals surface area contributed by atoms with E-state index in [4.69, 9.17) is 5.73 Å². The van der Waals surface area contributed by atoms with Crippen molar-refractivity contribution < 1.29 is 0 Å². The molecular formula is C7H15N. The Balaban J connectivity index is 2.92. The normalized spacial score (nSPS) is 13.9. The van der Waals surface area contributed by atoms with Gasteiger partial charge in [0.25, 0.3) is 0 Å². The molecule has 0 rings (SSSR count). The van der Waals surface area contributed by atoms with Gasteiger partial charge in [-0.3, -0.25) is 5.73 Å². The number of hydrogen-bond donors (Lipinski definition) is 0. The fraction of sp³-hybridized carbons (Fsp3) is 0.857. The molecule has 0 bridgehead atoms. The quantitative estimate of drug-likeness (QED) is 0.532. The Morgan fingerprint density at radius 1 is 1.50 bits per heavy atom. The second kappa shape index (κ2) is 5.10. The monoisotopic (exact) mass is 113 g/mol. The van der Waals surface area contributed by atoms with Crippen molar-refractivity contribution >= 4 is 0 Å². The van der Waals surface area contributed by atoms with Gasteiger partial charge in [-0.2, -0.15) is 0 Å². The lowest BCUT2D eigenvalue weighted by atomic mass is 10.0. The highest BCUT2D eigenvalue weighted by atomic mass is 14.5. The van der Waals surface area contributed by atoms with Crippen molar-refractivity contribution in [2.45, 2.75) is 26.2 Å². The minimum Gasteiger partial charge on any atom is -0.258 e. The average molecular weight is 113 g/mol. The zero-order valence-corrected chi connectivity index (χ0v) is 5.61. The average Bonchev–Trinajstić information content (AvgIpc) is 1.68. The van der Waals surface area contributed by atoms with Gasteiger partial charge in [-0.15, -0.1) is 0 Å². The molecule has 0 aromatic carbocycles. The molecular weight excluding hydrogens is 98.1 g/mol. The van der Waals surface area contributed by atoms with Crippen molar-refractivity contribution in [2.75, 3.05) is 6.54 Å². The van der Waals surface area contributed by atoms with Gasteiger partial charge in [-0.25, -0.2) is 0 Å². The molecule has 0 aliphatic heterocycles. The highest BCUT2D eigenvalue weighted by molar-refractivity contribution is 4.53. The third kappa shape index (κ3) is 4.13. The molecule has 1 unspecified atom stereocenters. The Bertz CT molecular complexity index is 37.7. The predicted molar refractivity (Wildman–Crippen MR) is 36.3 cm³/mol. The van der Waals surface area contributed by atoms with Crippen LogP contribution in [0.4, 0.5) is 0 Å². The van der Waals surface area contributed by atoms with Crippen molar-refractivity contribution in [1.82, 2.24) is 5.73 Å². The summed E-state index contributed by atoms with van der Waals surface area (Å²) in [5, 5.41) is 0. The van der Waals surface area contributed by atoms with Gasteiger partial charge in [0.1, 0.15) is 0 Å². The Labute approximate surface area is 52.3 Å². The van der Waals surface area contributed by atoms with Crippen LogP contribution in [0.1, 0.15) is 26.2 Å². The van der Waals surface area contributed by atoms with Crippen LogP contribution < -0.4 is 5.73 Å². The zero-order valence-electron chi connectivity index (χ0n) is 5.61. The van der Waals surface area contributed by atoms with Crippen LogP contribution in [0, 0.1) is 12.8 Å². The van der Waals surface area contributed by atoms with Gasteiger partial charge in [0, 0.05) is 6.54 Å². The molecule has 0 heterocycles. The molecule has 0 aliphatic rings. The maximum Gasteiger partial charge on any atom is 0.0102 e. The first-order valence-electron chi connectivity index (χ1n) is 3.25. The molecule has 48 valence electrons. The van der Waals surface area contributed by atoms with E-state index in [1.54, 1.807) is 0 Å². The summed E-state index contributed by atoms with van der Waals surface area (Å²) in [7, 11) is 0. The second-order valence-corrected chi connectivity index (χ2v) is 2.29. The molecule has 1 atom stereocenters. The molecule has 0 aromatic rings. The Kier molecular flexibility index (Phi) is 5.08. The molecule has 0 aliphatic carbocycles. The molecule has 0 saturated heterocycles. The van der Waals surface area contributed by atoms with E-state index in [1.165, 1.54) is 6.42 Å². The van der Waals surface area contributed by atoms with Crippen molar-refractivity contribution in [3.63, 3.8) is 0 Å². The smallest absolute Gasteiger partial charge is 0.0102 e. The summed E-state index contributed by atoms with van der Waals surface area (Å²) in [6.45, 7) is 6.50. The highest BCUT2D eigenvalue weighted by Gasteiger charge is 1.96. The van der Waals surface area contributed by atoms with Gasteiger partial charge in [-0.05, 0) is 12.3 Å². The van der Waals surface area contributed by atoms with Gasteiger partial charge >= 0.3 is 0 Å². The van der Waals surface area contributed by atoms with E-state index < -0.39 is 0 Å². The Morgan fingerprint density at radius 3 is 2.50 bits per heavy atom. The zero-order chi connectivity index (χ0) is 6.41. The molecule has 0 amide bonds. The number of nitrogens with one attached hydrogen (secondary N) is 1. The molecule has 1 nitrogen and oxygen atoms in total. The molecule has 0 fully saturated rings. The first kappa shape index (κ1) is 7.96. The third-order valence-electron chi connectivity index (χ3n) is 1.33. The lowest BCUT2D eigenvalue weighted by Gasteiger charge is -2.05. The first-order chi connectivity index (χ1) is 3.81. The van der Waals surface area contributed by atoms with Crippen molar-refractivity contribution in [3.8, 4) is 0 Å². The van der Waals surface area contributed by atoms with Gasteiger partial charge in [0.15, 0.2) is 0 Å². The summed E-state index contributed by atoms with van der Waals surface area (Å²) >= 11 is 0. The van der Waals surface area contributed by atoms with Crippen molar-refractivity contribution in [1.29, 1.82) is 0 Å². The topological polar surface area (TPSA) is 23.8 Å². The van der Waals surface area contributed by atoms with E-state index in [2.05, 4.69) is 13.8 Å². The van der Waals surface area contributed by atoms with Crippen LogP contribution in [-0.4, -0.2) is 6.54 Å². The first-order valence-corrected chi connectivity index (χ1v) is 3.25. The maximum absolute atomic E-state index is 6.89. The van der Waals surface area contributed by atoms with Gasteiger partial charge in [-0.1, -0.05) is 26.7 Å². The standard InChI is InChI=1S/C7H15N/c1-3-4-7(2)5-6-8/h7-8H,1,3-6H2,2H3. The number of rotatable bonds is 4.